The largest absolute Gasteiger partial charge is 0.508 e. The Labute approximate surface area is 126 Å². The van der Waals surface area contributed by atoms with E-state index in [-0.39, 0.29) is 46.5 Å². The van der Waals surface area contributed by atoms with E-state index in [1.165, 1.54) is 19.2 Å². The van der Waals surface area contributed by atoms with Crippen LogP contribution in [0, 0.1) is 0 Å². The number of aromatic hydroxyl groups is 3. The van der Waals surface area contributed by atoms with Crippen LogP contribution in [0.2, 0.25) is 0 Å². The highest BCUT2D eigenvalue weighted by atomic mass is 16.5. The second-order valence-corrected chi connectivity index (χ2v) is 5.01. The summed E-state index contributed by atoms with van der Waals surface area (Å²) in [5, 5.41) is 28.9. The topological polar surface area (TPSA) is 96.2 Å². The third-order valence-corrected chi connectivity index (χ3v) is 3.56. The molecule has 0 unspecified atom stereocenters. The van der Waals surface area contributed by atoms with Crippen LogP contribution in [0.5, 0.6) is 28.7 Å². The maximum atomic E-state index is 12.2. The lowest BCUT2D eigenvalue weighted by Crippen LogP contribution is -2.20. The molecule has 0 spiro atoms. The van der Waals surface area contributed by atoms with Gasteiger partial charge in [0.15, 0.2) is 28.8 Å². The minimum absolute atomic E-state index is 0.0124. The summed E-state index contributed by atoms with van der Waals surface area (Å²) in [4.78, 5) is 12.2. The number of ketones is 1. The molecule has 1 aliphatic heterocycles. The predicted octanol–water partition coefficient (Wildman–Crippen LogP) is 2.52. The molecule has 2 aromatic rings. The lowest BCUT2D eigenvalue weighted by atomic mass is 9.95. The van der Waals surface area contributed by atoms with Crippen molar-refractivity contribution >= 4 is 5.78 Å². The van der Waals surface area contributed by atoms with Gasteiger partial charge in [-0.15, -0.1) is 0 Å². The Kier molecular flexibility index (Phi) is 3.29. The van der Waals surface area contributed by atoms with E-state index in [0.717, 1.165) is 6.07 Å². The summed E-state index contributed by atoms with van der Waals surface area (Å²) in [6.45, 7) is 0. The first kappa shape index (κ1) is 14.1. The van der Waals surface area contributed by atoms with Crippen molar-refractivity contribution in [2.75, 3.05) is 7.11 Å². The van der Waals surface area contributed by atoms with Crippen LogP contribution in [0.1, 0.15) is 28.4 Å². The molecular formula is C16H14O6. The zero-order chi connectivity index (χ0) is 15.9. The van der Waals surface area contributed by atoms with Crippen LogP contribution >= 0.6 is 0 Å². The van der Waals surface area contributed by atoms with E-state index in [4.69, 9.17) is 9.47 Å². The summed E-state index contributed by atoms with van der Waals surface area (Å²) < 4.78 is 10.7. The van der Waals surface area contributed by atoms with Crippen LogP contribution in [-0.2, 0) is 0 Å². The zero-order valence-corrected chi connectivity index (χ0v) is 11.7. The number of phenols is 3. The summed E-state index contributed by atoms with van der Waals surface area (Å²) in [5.74, 6) is -0.428. The van der Waals surface area contributed by atoms with Gasteiger partial charge in [0.2, 0.25) is 0 Å². The summed E-state index contributed by atoms with van der Waals surface area (Å²) in [7, 11) is 1.43. The quantitative estimate of drug-likeness (QED) is 0.789. The summed E-state index contributed by atoms with van der Waals surface area (Å²) in [5.41, 5.74) is 0.792. The smallest absolute Gasteiger partial charge is 0.172 e. The van der Waals surface area contributed by atoms with E-state index in [2.05, 4.69) is 0 Å². The van der Waals surface area contributed by atoms with Crippen LogP contribution in [0.4, 0.5) is 0 Å². The second kappa shape index (κ2) is 5.14. The van der Waals surface area contributed by atoms with Gasteiger partial charge in [0.25, 0.3) is 0 Å². The first-order valence-electron chi connectivity index (χ1n) is 6.62. The fourth-order valence-corrected chi connectivity index (χ4v) is 2.47. The molecule has 6 nitrogen and oxygen atoms in total. The molecule has 0 radical (unpaired) electrons. The van der Waals surface area contributed by atoms with Crippen molar-refractivity contribution in [3.63, 3.8) is 0 Å². The third-order valence-electron chi connectivity index (χ3n) is 3.56. The van der Waals surface area contributed by atoms with Crippen LogP contribution in [0.25, 0.3) is 0 Å². The summed E-state index contributed by atoms with van der Waals surface area (Å²) in [6.07, 6.45) is -0.547. The normalized spacial score (nSPS) is 16.8. The van der Waals surface area contributed by atoms with Crippen molar-refractivity contribution in [2.45, 2.75) is 12.5 Å². The first-order valence-corrected chi connectivity index (χ1v) is 6.62. The van der Waals surface area contributed by atoms with Gasteiger partial charge in [-0.05, 0) is 23.8 Å². The first-order chi connectivity index (χ1) is 10.5. The van der Waals surface area contributed by atoms with Gasteiger partial charge in [0.05, 0.1) is 19.1 Å². The van der Waals surface area contributed by atoms with Gasteiger partial charge in [0.1, 0.15) is 11.9 Å². The van der Waals surface area contributed by atoms with E-state index in [0.29, 0.717) is 5.56 Å². The molecule has 0 saturated carbocycles. The van der Waals surface area contributed by atoms with Gasteiger partial charge >= 0.3 is 0 Å². The van der Waals surface area contributed by atoms with Crippen molar-refractivity contribution < 1.29 is 29.6 Å². The molecule has 0 aliphatic carbocycles. The van der Waals surface area contributed by atoms with E-state index in [1.54, 1.807) is 12.1 Å². The third kappa shape index (κ3) is 2.28. The molecule has 0 bridgehead atoms. The van der Waals surface area contributed by atoms with Crippen molar-refractivity contribution in [3.8, 4) is 28.7 Å². The summed E-state index contributed by atoms with van der Waals surface area (Å²) in [6, 6.07) is 7.04. The lowest BCUT2D eigenvalue weighted by molar-refractivity contribution is 0.0841. The molecule has 1 heterocycles. The number of methoxy groups -OCH3 is 1. The zero-order valence-electron chi connectivity index (χ0n) is 11.7. The van der Waals surface area contributed by atoms with E-state index < -0.39 is 6.10 Å². The Balaban J connectivity index is 2.00. The molecule has 6 heteroatoms. The highest BCUT2D eigenvalue weighted by Gasteiger charge is 2.30. The number of ether oxygens (including phenoxy) is 2. The number of hydrogen-bond donors (Lipinski definition) is 3. The number of benzene rings is 2. The second-order valence-electron chi connectivity index (χ2n) is 5.01. The van der Waals surface area contributed by atoms with Crippen molar-refractivity contribution in [1.82, 2.24) is 0 Å². The number of phenolic OH excluding ortho intramolecular Hbond substituents is 3. The predicted molar refractivity (Wildman–Crippen MR) is 76.7 cm³/mol. The molecule has 0 saturated heterocycles. The van der Waals surface area contributed by atoms with E-state index in [1.807, 2.05) is 0 Å². The molecule has 114 valence electrons. The Hall–Kier alpha value is -2.89. The van der Waals surface area contributed by atoms with Crippen molar-refractivity contribution in [2.24, 2.45) is 0 Å². The number of Topliss-reactive ketones (excluding diaryl/α,β-unsaturated/α-hetero) is 1. The van der Waals surface area contributed by atoms with Crippen LogP contribution in [0.3, 0.4) is 0 Å². The highest BCUT2D eigenvalue weighted by molar-refractivity contribution is 6.01. The van der Waals surface area contributed by atoms with Gasteiger partial charge in [-0.2, -0.15) is 0 Å². The van der Waals surface area contributed by atoms with Gasteiger partial charge in [0, 0.05) is 6.07 Å². The number of carbonyl (C=O) groups is 1. The van der Waals surface area contributed by atoms with E-state index in [9.17, 15) is 20.1 Å². The Bertz CT molecular complexity index is 753. The molecule has 3 rings (SSSR count). The monoisotopic (exact) mass is 302 g/mol. The van der Waals surface area contributed by atoms with Crippen LogP contribution in [-0.4, -0.2) is 28.2 Å². The van der Waals surface area contributed by atoms with E-state index >= 15 is 0 Å². The molecule has 22 heavy (non-hydrogen) atoms. The molecule has 0 amide bonds. The molecule has 0 aromatic heterocycles. The Morgan fingerprint density at radius 1 is 1.14 bits per heavy atom. The summed E-state index contributed by atoms with van der Waals surface area (Å²) >= 11 is 0. The molecule has 2 aromatic carbocycles. The number of fused-ring (bicyclic) bond motifs is 1. The Morgan fingerprint density at radius 2 is 1.91 bits per heavy atom. The maximum absolute atomic E-state index is 12.2. The standard InChI is InChI=1S/C16H14O6/c1-21-15-4-8(2-3-11(15)18)14-7-12(19)10-5-9(17)6-13(20)16(10)22-14/h2-6,14,17-18,20H,7H2,1H3/t14-/m1/s1. The number of hydrogen-bond acceptors (Lipinski definition) is 6. The molecule has 3 N–H and O–H groups in total. The molecule has 1 atom stereocenters. The number of carbonyl (C=O) groups excluding carboxylic acids is 1. The van der Waals surface area contributed by atoms with Gasteiger partial charge in [-0.25, -0.2) is 0 Å². The SMILES string of the molecule is COc1cc([C@H]2CC(=O)c3cc(O)cc(O)c3O2)ccc1O. The highest BCUT2D eigenvalue weighted by Crippen LogP contribution is 2.43. The maximum Gasteiger partial charge on any atom is 0.172 e. The molecule has 1 aliphatic rings. The fourth-order valence-electron chi connectivity index (χ4n) is 2.47. The van der Waals surface area contributed by atoms with Crippen molar-refractivity contribution in [1.29, 1.82) is 0 Å². The Morgan fingerprint density at radius 3 is 2.64 bits per heavy atom. The van der Waals surface area contributed by atoms with Crippen LogP contribution in [0.15, 0.2) is 30.3 Å². The van der Waals surface area contributed by atoms with Gasteiger partial charge in [-0.1, -0.05) is 6.07 Å². The minimum atomic E-state index is -0.607. The average Bonchev–Trinajstić information content (AvgIpc) is 2.48. The van der Waals surface area contributed by atoms with Crippen molar-refractivity contribution in [3.05, 3.63) is 41.5 Å². The van der Waals surface area contributed by atoms with Gasteiger partial charge in [-0.3, -0.25) is 4.79 Å². The van der Waals surface area contributed by atoms with Crippen LogP contribution < -0.4 is 9.47 Å². The molecular weight excluding hydrogens is 288 g/mol. The van der Waals surface area contributed by atoms with Gasteiger partial charge < -0.3 is 24.8 Å². The average molecular weight is 302 g/mol. The lowest BCUT2D eigenvalue weighted by Gasteiger charge is -2.26. The fraction of sp³-hybridized carbons (Fsp3) is 0.188. The number of rotatable bonds is 2. The minimum Gasteiger partial charge on any atom is -0.508 e. The molecule has 0 fully saturated rings.